The van der Waals surface area contributed by atoms with E-state index in [0.29, 0.717) is 37.7 Å². The van der Waals surface area contributed by atoms with Crippen molar-refractivity contribution in [2.45, 2.75) is 12.8 Å². The third-order valence-electron chi connectivity index (χ3n) is 4.80. The van der Waals surface area contributed by atoms with E-state index in [1.165, 1.54) is 12.8 Å². The monoisotopic (exact) mass is 353 g/mol. The SMILES string of the molecule is O=C(c1ccccc1Nc1cc(N2CCCC2)ncn1)N1CCOCC1. The molecule has 1 N–H and O–H groups in total. The van der Waals surface area contributed by atoms with Gasteiger partial charge in [-0.2, -0.15) is 0 Å². The van der Waals surface area contributed by atoms with Crippen molar-refractivity contribution in [1.82, 2.24) is 14.9 Å². The molecule has 2 fully saturated rings. The first-order valence-electron chi connectivity index (χ1n) is 9.11. The summed E-state index contributed by atoms with van der Waals surface area (Å²) < 4.78 is 5.34. The fraction of sp³-hybridized carbons (Fsp3) is 0.421. The van der Waals surface area contributed by atoms with E-state index in [-0.39, 0.29) is 5.91 Å². The average Bonchev–Trinajstić information content (AvgIpc) is 3.24. The number of benzene rings is 1. The van der Waals surface area contributed by atoms with E-state index in [4.69, 9.17) is 4.74 Å². The Balaban J connectivity index is 1.55. The predicted molar refractivity (Wildman–Crippen MR) is 99.9 cm³/mol. The second-order valence-electron chi connectivity index (χ2n) is 6.53. The molecule has 0 bridgehead atoms. The maximum Gasteiger partial charge on any atom is 0.256 e. The number of anilines is 3. The highest BCUT2D eigenvalue weighted by atomic mass is 16.5. The number of carbonyl (C=O) groups is 1. The van der Waals surface area contributed by atoms with E-state index < -0.39 is 0 Å². The molecular weight excluding hydrogens is 330 g/mol. The van der Waals surface area contributed by atoms with Crippen molar-refractivity contribution < 1.29 is 9.53 Å². The van der Waals surface area contributed by atoms with Crippen LogP contribution >= 0.6 is 0 Å². The lowest BCUT2D eigenvalue weighted by Crippen LogP contribution is -2.40. The van der Waals surface area contributed by atoms with Crippen molar-refractivity contribution in [3.05, 3.63) is 42.2 Å². The number of amides is 1. The van der Waals surface area contributed by atoms with Crippen LogP contribution in [0.1, 0.15) is 23.2 Å². The Labute approximate surface area is 153 Å². The van der Waals surface area contributed by atoms with Crippen LogP contribution in [0.25, 0.3) is 0 Å². The molecule has 4 rings (SSSR count). The van der Waals surface area contributed by atoms with Gasteiger partial charge in [0, 0.05) is 32.2 Å². The van der Waals surface area contributed by atoms with Crippen LogP contribution < -0.4 is 10.2 Å². The Morgan fingerprint density at radius 2 is 1.81 bits per heavy atom. The third kappa shape index (κ3) is 3.62. The number of nitrogens with zero attached hydrogens (tertiary/aromatic N) is 4. The summed E-state index contributed by atoms with van der Waals surface area (Å²) in [6.45, 7) is 4.49. The standard InChI is InChI=1S/C19H23N5O2/c25-19(24-9-11-26-12-10-24)15-5-1-2-6-16(15)22-17-13-18(21-14-20-17)23-7-3-4-8-23/h1-2,5-6,13-14H,3-4,7-12H2,(H,20,21,22). The van der Waals surface area contributed by atoms with Crippen LogP contribution in [0.2, 0.25) is 0 Å². The van der Waals surface area contributed by atoms with E-state index in [1.807, 2.05) is 35.2 Å². The molecule has 26 heavy (non-hydrogen) atoms. The number of ether oxygens (including phenoxy) is 1. The molecule has 0 radical (unpaired) electrons. The summed E-state index contributed by atoms with van der Waals surface area (Å²) >= 11 is 0. The summed E-state index contributed by atoms with van der Waals surface area (Å²) in [6, 6.07) is 9.50. The highest BCUT2D eigenvalue weighted by molar-refractivity contribution is 6.00. The van der Waals surface area contributed by atoms with Gasteiger partial charge in [0.15, 0.2) is 0 Å². The quantitative estimate of drug-likeness (QED) is 0.909. The number of nitrogens with one attached hydrogen (secondary N) is 1. The number of hydrogen-bond donors (Lipinski definition) is 1. The number of para-hydroxylation sites is 1. The molecular formula is C19H23N5O2. The second-order valence-corrected chi connectivity index (χ2v) is 6.53. The van der Waals surface area contributed by atoms with Gasteiger partial charge < -0.3 is 19.9 Å². The minimum Gasteiger partial charge on any atom is -0.378 e. The third-order valence-corrected chi connectivity index (χ3v) is 4.80. The van der Waals surface area contributed by atoms with Crippen molar-refractivity contribution in [1.29, 1.82) is 0 Å². The molecule has 2 aliphatic heterocycles. The lowest BCUT2D eigenvalue weighted by molar-refractivity contribution is 0.0303. The molecule has 0 unspecified atom stereocenters. The molecule has 0 spiro atoms. The van der Waals surface area contributed by atoms with Crippen LogP contribution in [-0.4, -0.2) is 60.2 Å². The molecule has 2 aromatic rings. The topological polar surface area (TPSA) is 70.6 Å². The summed E-state index contributed by atoms with van der Waals surface area (Å²) in [5.41, 5.74) is 1.41. The zero-order chi connectivity index (χ0) is 17.8. The fourth-order valence-electron chi connectivity index (χ4n) is 3.39. The van der Waals surface area contributed by atoms with E-state index in [2.05, 4.69) is 20.2 Å². The van der Waals surface area contributed by atoms with Gasteiger partial charge >= 0.3 is 0 Å². The largest absolute Gasteiger partial charge is 0.378 e. The molecule has 1 amide bonds. The molecule has 7 heteroatoms. The number of rotatable bonds is 4. The lowest BCUT2D eigenvalue weighted by Gasteiger charge is -2.27. The van der Waals surface area contributed by atoms with E-state index in [9.17, 15) is 4.79 Å². The van der Waals surface area contributed by atoms with Gasteiger partial charge in [-0.1, -0.05) is 12.1 Å². The normalized spacial score (nSPS) is 17.4. The molecule has 3 heterocycles. The minimum atomic E-state index is 0.0187. The van der Waals surface area contributed by atoms with Crippen molar-refractivity contribution >= 4 is 23.2 Å². The molecule has 0 aliphatic carbocycles. The maximum atomic E-state index is 12.9. The summed E-state index contributed by atoms with van der Waals surface area (Å²) in [7, 11) is 0. The van der Waals surface area contributed by atoms with Crippen LogP contribution in [0.4, 0.5) is 17.3 Å². The lowest BCUT2D eigenvalue weighted by atomic mass is 10.1. The Morgan fingerprint density at radius 1 is 1.04 bits per heavy atom. The van der Waals surface area contributed by atoms with Gasteiger partial charge in [-0.05, 0) is 25.0 Å². The van der Waals surface area contributed by atoms with E-state index in [1.54, 1.807) is 6.33 Å². The fourth-order valence-corrected chi connectivity index (χ4v) is 3.39. The first-order chi connectivity index (χ1) is 12.8. The summed E-state index contributed by atoms with van der Waals surface area (Å²) in [4.78, 5) is 25.7. The summed E-state index contributed by atoms with van der Waals surface area (Å²) in [5.74, 6) is 1.64. The Hall–Kier alpha value is -2.67. The van der Waals surface area contributed by atoms with Gasteiger partial charge in [0.2, 0.25) is 0 Å². The maximum absolute atomic E-state index is 12.9. The predicted octanol–water partition coefficient (Wildman–Crippen LogP) is 2.29. The zero-order valence-corrected chi connectivity index (χ0v) is 14.7. The molecule has 0 atom stereocenters. The highest BCUT2D eigenvalue weighted by Gasteiger charge is 2.21. The Morgan fingerprint density at radius 3 is 2.62 bits per heavy atom. The zero-order valence-electron chi connectivity index (χ0n) is 14.7. The van der Waals surface area contributed by atoms with Crippen LogP contribution in [0.15, 0.2) is 36.7 Å². The number of hydrogen-bond acceptors (Lipinski definition) is 6. The summed E-state index contributed by atoms with van der Waals surface area (Å²) in [5, 5.41) is 3.30. The van der Waals surface area contributed by atoms with Gasteiger partial charge in [0.25, 0.3) is 5.91 Å². The molecule has 1 aromatic carbocycles. The molecule has 136 valence electrons. The molecule has 0 saturated carbocycles. The Bertz CT molecular complexity index is 770. The van der Waals surface area contributed by atoms with Crippen molar-refractivity contribution in [3.8, 4) is 0 Å². The van der Waals surface area contributed by atoms with Crippen LogP contribution in [0.3, 0.4) is 0 Å². The van der Waals surface area contributed by atoms with E-state index >= 15 is 0 Å². The number of aromatic nitrogens is 2. The number of carbonyl (C=O) groups excluding carboxylic acids is 1. The molecule has 1 aromatic heterocycles. The smallest absolute Gasteiger partial charge is 0.256 e. The van der Waals surface area contributed by atoms with Gasteiger partial charge in [-0.15, -0.1) is 0 Å². The van der Waals surface area contributed by atoms with Crippen molar-refractivity contribution in [2.75, 3.05) is 49.6 Å². The van der Waals surface area contributed by atoms with Gasteiger partial charge in [0.05, 0.1) is 24.5 Å². The average molecular weight is 353 g/mol. The highest BCUT2D eigenvalue weighted by Crippen LogP contribution is 2.24. The van der Waals surface area contributed by atoms with Crippen molar-refractivity contribution in [2.24, 2.45) is 0 Å². The van der Waals surface area contributed by atoms with Crippen molar-refractivity contribution in [3.63, 3.8) is 0 Å². The first kappa shape index (κ1) is 16.8. The summed E-state index contributed by atoms with van der Waals surface area (Å²) in [6.07, 6.45) is 3.97. The van der Waals surface area contributed by atoms with Gasteiger partial charge in [-0.3, -0.25) is 4.79 Å². The van der Waals surface area contributed by atoms with Crippen LogP contribution in [0.5, 0.6) is 0 Å². The van der Waals surface area contributed by atoms with Gasteiger partial charge in [0.1, 0.15) is 18.0 Å². The molecule has 2 aliphatic rings. The van der Waals surface area contributed by atoms with E-state index in [0.717, 1.165) is 24.6 Å². The second kappa shape index (κ2) is 7.70. The van der Waals surface area contributed by atoms with Crippen LogP contribution in [0, 0.1) is 0 Å². The minimum absolute atomic E-state index is 0.0187. The van der Waals surface area contributed by atoms with Gasteiger partial charge in [-0.25, -0.2) is 9.97 Å². The molecule has 2 saturated heterocycles. The molecule has 7 nitrogen and oxygen atoms in total. The first-order valence-corrected chi connectivity index (χ1v) is 9.11. The van der Waals surface area contributed by atoms with Crippen LogP contribution in [-0.2, 0) is 4.74 Å². The number of morpholine rings is 1. The Kier molecular flexibility index (Phi) is 4.97.